The first kappa shape index (κ1) is 23.1. The van der Waals surface area contributed by atoms with E-state index in [1.54, 1.807) is 49.5 Å². The minimum Gasteiger partial charge on any atom is -0.289 e. The number of allylic oxidation sites excluding steroid dienone is 1. The Bertz CT molecular complexity index is 1550. The first-order valence-electron chi connectivity index (χ1n) is 11.5. The number of Topliss-reactive ketones (excluding diaryl/α,β-unsaturated/α-hetero) is 1. The molecular formula is C27H24ClN3O4. The van der Waals surface area contributed by atoms with Crippen molar-refractivity contribution in [1.29, 1.82) is 0 Å². The lowest BCUT2D eigenvalue weighted by Crippen LogP contribution is -2.47. The van der Waals surface area contributed by atoms with Crippen LogP contribution in [-0.2, 0) is 18.9 Å². The third-order valence-corrected chi connectivity index (χ3v) is 7.06. The number of amides is 1. The second-order valence-corrected chi connectivity index (χ2v) is 9.33. The molecular weight excluding hydrogens is 466 g/mol. The van der Waals surface area contributed by atoms with E-state index in [9.17, 15) is 19.2 Å². The van der Waals surface area contributed by atoms with Gasteiger partial charge in [-0.1, -0.05) is 61.3 Å². The van der Waals surface area contributed by atoms with Crippen LogP contribution in [0.5, 0.6) is 0 Å². The predicted molar refractivity (Wildman–Crippen MR) is 135 cm³/mol. The Kier molecular flexibility index (Phi) is 5.60. The SMILES string of the molecule is CCCCC(=O)N1C2=C(C(=O)c3ccccc32)C(c2ccc(Cl)cc2)c2c1n(C)c(=O)n(C)c2=O. The quantitative estimate of drug-likeness (QED) is 0.554. The number of aromatic nitrogens is 2. The van der Waals surface area contributed by atoms with Gasteiger partial charge in [0.25, 0.3) is 5.56 Å². The van der Waals surface area contributed by atoms with Gasteiger partial charge in [-0.15, -0.1) is 0 Å². The number of fused-ring (bicyclic) bond motifs is 3. The van der Waals surface area contributed by atoms with E-state index >= 15 is 0 Å². The van der Waals surface area contributed by atoms with Crippen LogP contribution < -0.4 is 16.1 Å². The second kappa shape index (κ2) is 8.50. The van der Waals surface area contributed by atoms with Crippen LogP contribution in [0.1, 0.15) is 59.2 Å². The van der Waals surface area contributed by atoms with Gasteiger partial charge in [-0.3, -0.25) is 28.4 Å². The van der Waals surface area contributed by atoms with Crippen molar-refractivity contribution >= 4 is 34.8 Å². The summed E-state index contributed by atoms with van der Waals surface area (Å²) in [6, 6.07) is 14.1. The van der Waals surface area contributed by atoms with Crippen LogP contribution in [0.25, 0.3) is 5.70 Å². The Morgan fingerprint density at radius 3 is 2.26 bits per heavy atom. The largest absolute Gasteiger partial charge is 0.332 e. The first-order valence-corrected chi connectivity index (χ1v) is 11.9. The number of carbonyl (C=O) groups excluding carboxylic acids is 2. The van der Waals surface area contributed by atoms with Crippen LogP contribution in [0, 0.1) is 0 Å². The first-order chi connectivity index (χ1) is 16.8. The topological polar surface area (TPSA) is 81.4 Å². The second-order valence-electron chi connectivity index (χ2n) is 8.90. The van der Waals surface area contributed by atoms with Crippen LogP contribution in [0.2, 0.25) is 5.02 Å². The van der Waals surface area contributed by atoms with E-state index in [0.717, 1.165) is 11.0 Å². The number of anilines is 1. The molecule has 35 heavy (non-hydrogen) atoms. The zero-order valence-corrected chi connectivity index (χ0v) is 20.4. The lowest BCUT2D eigenvalue weighted by atomic mass is 9.81. The van der Waals surface area contributed by atoms with Gasteiger partial charge in [-0.25, -0.2) is 4.79 Å². The molecule has 1 aliphatic heterocycles. The van der Waals surface area contributed by atoms with E-state index in [1.807, 2.05) is 13.0 Å². The molecule has 0 saturated carbocycles. The molecule has 178 valence electrons. The highest BCUT2D eigenvalue weighted by molar-refractivity contribution is 6.30. The Hall–Kier alpha value is -3.71. The van der Waals surface area contributed by atoms with Gasteiger partial charge in [0.05, 0.1) is 11.3 Å². The maximum absolute atomic E-state index is 13.8. The van der Waals surface area contributed by atoms with Crippen LogP contribution in [0.15, 0.2) is 63.7 Å². The number of benzene rings is 2. The minimum absolute atomic E-state index is 0.211. The lowest BCUT2D eigenvalue weighted by molar-refractivity contribution is -0.118. The van der Waals surface area contributed by atoms with Crippen molar-refractivity contribution in [3.05, 3.63) is 102 Å². The summed E-state index contributed by atoms with van der Waals surface area (Å²) >= 11 is 6.14. The molecule has 1 amide bonds. The zero-order chi connectivity index (χ0) is 25.0. The Labute approximate surface area is 206 Å². The third-order valence-electron chi connectivity index (χ3n) is 6.80. The maximum Gasteiger partial charge on any atom is 0.332 e. The third kappa shape index (κ3) is 3.33. The Morgan fingerprint density at radius 2 is 1.60 bits per heavy atom. The molecule has 0 saturated heterocycles. The molecule has 0 N–H and O–H groups in total. The van der Waals surface area contributed by atoms with Crippen molar-refractivity contribution in [2.45, 2.75) is 32.1 Å². The number of nitrogens with zero attached hydrogens (tertiary/aromatic N) is 3. The highest BCUT2D eigenvalue weighted by Gasteiger charge is 2.47. The van der Waals surface area contributed by atoms with Gasteiger partial charge in [0, 0.05) is 48.2 Å². The van der Waals surface area contributed by atoms with Crippen LogP contribution in [0.4, 0.5) is 5.82 Å². The fourth-order valence-electron chi connectivity index (χ4n) is 5.10. The Balaban J connectivity index is 1.93. The summed E-state index contributed by atoms with van der Waals surface area (Å²) in [4.78, 5) is 55.6. The predicted octanol–water partition coefficient (Wildman–Crippen LogP) is 4.01. The summed E-state index contributed by atoms with van der Waals surface area (Å²) in [5.74, 6) is -1.05. The molecule has 0 spiro atoms. The van der Waals surface area contributed by atoms with E-state index in [0.29, 0.717) is 39.4 Å². The van der Waals surface area contributed by atoms with Gasteiger partial charge in [-0.05, 0) is 24.1 Å². The summed E-state index contributed by atoms with van der Waals surface area (Å²) in [7, 11) is 2.95. The number of rotatable bonds is 4. The molecule has 2 heterocycles. The standard InChI is InChI=1S/C27H24ClN3O4/c1-4-5-10-19(32)31-23-17-8-6-7-9-18(17)24(33)21(23)20(15-11-13-16(28)14-12-15)22-25(31)29(2)27(35)30(3)26(22)34/h6-9,11-14,20H,4-5,10H2,1-3H3. The molecule has 2 aliphatic rings. The molecule has 1 unspecified atom stereocenters. The number of ketones is 1. The normalized spacial score (nSPS) is 16.3. The van der Waals surface area contributed by atoms with Crippen molar-refractivity contribution in [3.8, 4) is 0 Å². The summed E-state index contributed by atoms with van der Waals surface area (Å²) in [5.41, 5.74) is 1.73. The van der Waals surface area contributed by atoms with Gasteiger partial charge >= 0.3 is 5.69 Å². The highest BCUT2D eigenvalue weighted by Crippen LogP contribution is 2.51. The van der Waals surface area contributed by atoms with Crippen molar-refractivity contribution < 1.29 is 9.59 Å². The van der Waals surface area contributed by atoms with Gasteiger partial charge in [0.2, 0.25) is 5.91 Å². The van der Waals surface area contributed by atoms with E-state index in [2.05, 4.69) is 0 Å². The average molecular weight is 490 g/mol. The van der Waals surface area contributed by atoms with E-state index in [-0.39, 0.29) is 29.5 Å². The highest BCUT2D eigenvalue weighted by atomic mass is 35.5. The van der Waals surface area contributed by atoms with Gasteiger partial charge in [0.15, 0.2) is 5.78 Å². The van der Waals surface area contributed by atoms with Crippen molar-refractivity contribution in [2.24, 2.45) is 14.1 Å². The lowest BCUT2D eigenvalue weighted by Gasteiger charge is -2.36. The number of hydrogen-bond donors (Lipinski definition) is 0. The van der Waals surface area contributed by atoms with Gasteiger partial charge in [0.1, 0.15) is 5.82 Å². The fourth-order valence-corrected chi connectivity index (χ4v) is 5.22. The molecule has 2 aromatic carbocycles. The molecule has 5 rings (SSSR count). The molecule has 1 aliphatic carbocycles. The number of halogens is 1. The number of carbonyl (C=O) groups is 2. The van der Waals surface area contributed by atoms with Crippen LogP contribution in [0.3, 0.4) is 0 Å². The summed E-state index contributed by atoms with van der Waals surface area (Å²) in [6.45, 7) is 1.98. The van der Waals surface area contributed by atoms with Gasteiger partial charge in [-0.2, -0.15) is 0 Å². The zero-order valence-electron chi connectivity index (χ0n) is 19.7. The summed E-state index contributed by atoms with van der Waals surface area (Å²) < 4.78 is 2.35. The van der Waals surface area contributed by atoms with E-state index in [1.165, 1.54) is 16.5 Å². The summed E-state index contributed by atoms with van der Waals surface area (Å²) in [6.07, 6.45) is 1.66. The minimum atomic E-state index is -0.766. The van der Waals surface area contributed by atoms with Gasteiger partial charge < -0.3 is 0 Å². The van der Waals surface area contributed by atoms with E-state index < -0.39 is 17.2 Å². The molecule has 0 radical (unpaired) electrons. The van der Waals surface area contributed by atoms with Crippen molar-refractivity contribution in [1.82, 2.24) is 9.13 Å². The van der Waals surface area contributed by atoms with Crippen molar-refractivity contribution in [2.75, 3.05) is 4.90 Å². The number of hydrogen-bond acceptors (Lipinski definition) is 4. The monoisotopic (exact) mass is 489 g/mol. The maximum atomic E-state index is 13.8. The smallest absolute Gasteiger partial charge is 0.289 e. The van der Waals surface area contributed by atoms with Crippen LogP contribution in [-0.4, -0.2) is 20.8 Å². The number of unbranched alkanes of at least 4 members (excludes halogenated alkanes) is 1. The van der Waals surface area contributed by atoms with E-state index in [4.69, 9.17) is 11.6 Å². The molecule has 1 atom stereocenters. The average Bonchev–Trinajstić information content (AvgIpc) is 3.16. The molecule has 3 aromatic rings. The molecule has 8 heteroatoms. The molecule has 0 bridgehead atoms. The van der Waals surface area contributed by atoms with Crippen molar-refractivity contribution in [3.63, 3.8) is 0 Å². The fraction of sp³-hybridized carbons (Fsp3) is 0.259. The molecule has 7 nitrogen and oxygen atoms in total. The molecule has 0 fully saturated rings. The Morgan fingerprint density at radius 1 is 0.943 bits per heavy atom. The molecule has 1 aromatic heterocycles. The summed E-state index contributed by atoms with van der Waals surface area (Å²) in [5, 5.41) is 0.518. The van der Waals surface area contributed by atoms with Crippen LogP contribution >= 0.6 is 11.6 Å².